The number of ether oxygens (including phenoxy) is 2. The molecule has 0 spiro atoms. The number of para-hydroxylation sites is 2. The minimum atomic E-state index is -0.834. The normalized spacial score (nSPS) is 14.1. The first-order valence-corrected chi connectivity index (χ1v) is 8.13. The van der Waals surface area contributed by atoms with Gasteiger partial charge in [-0.2, -0.15) is 0 Å². The summed E-state index contributed by atoms with van der Waals surface area (Å²) in [7, 11) is 0. The van der Waals surface area contributed by atoms with Crippen molar-refractivity contribution in [3.05, 3.63) is 53.8 Å². The van der Waals surface area contributed by atoms with Crippen LogP contribution < -0.4 is 20.1 Å². The quantitative estimate of drug-likeness (QED) is 0.879. The molecular formula is C19H19FN2O4. The lowest BCUT2D eigenvalue weighted by atomic mass is 10.0. The molecule has 7 heteroatoms. The van der Waals surface area contributed by atoms with Gasteiger partial charge in [0.15, 0.2) is 18.1 Å². The van der Waals surface area contributed by atoms with Crippen molar-refractivity contribution in [3.8, 4) is 11.5 Å². The summed E-state index contributed by atoms with van der Waals surface area (Å²) in [5, 5.41) is 4.35. The van der Waals surface area contributed by atoms with E-state index >= 15 is 0 Å². The number of rotatable bonds is 4. The van der Waals surface area contributed by atoms with E-state index < -0.39 is 17.8 Å². The highest BCUT2D eigenvalue weighted by Crippen LogP contribution is 2.41. The summed E-state index contributed by atoms with van der Waals surface area (Å²) in [4.78, 5) is 23.7. The third-order valence-corrected chi connectivity index (χ3v) is 3.79. The molecule has 6 nitrogen and oxygen atoms in total. The largest absolute Gasteiger partial charge is 0.483 e. The van der Waals surface area contributed by atoms with Crippen molar-refractivity contribution in [1.82, 2.24) is 5.32 Å². The number of hydrogen-bond acceptors (Lipinski definition) is 4. The molecule has 0 saturated carbocycles. The first-order valence-electron chi connectivity index (χ1n) is 8.13. The van der Waals surface area contributed by atoms with E-state index in [4.69, 9.17) is 9.47 Å². The van der Waals surface area contributed by atoms with E-state index in [0.29, 0.717) is 11.5 Å². The highest BCUT2D eigenvalue weighted by atomic mass is 19.1. The van der Waals surface area contributed by atoms with Gasteiger partial charge in [-0.1, -0.05) is 24.3 Å². The lowest BCUT2D eigenvalue weighted by molar-refractivity contribution is -0.121. The van der Waals surface area contributed by atoms with Crippen LogP contribution in [-0.2, 0) is 11.2 Å². The van der Waals surface area contributed by atoms with E-state index in [-0.39, 0.29) is 17.9 Å². The zero-order valence-electron chi connectivity index (χ0n) is 14.5. The molecule has 136 valence electrons. The fraction of sp³-hybridized carbons (Fsp3) is 0.263. The van der Waals surface area contributed by atoms with Crippen LogP contribution >= 0.6 is 0 Å². The first-order chi connectivity index (χ1) is 12.3. The SMILES string of the molecule is CC1(C)Cc2cccc(OCC(=O)NC(=O)Nc3ccccc3F)c2O1. The Labute approximate surface area is 150 Å². The maximum absolute atomic E-state index is 13.5. The van der Waals surface area contributed by atoms with Crippen LogP contribution in [0, 0.1) is 5.82 Å². The number of fused-ring (bicyclic) bond motifs is 1. The molecule has 0 radical (unpaired) electrons. The van der Waals surface area contributed by atoms with Crippen LogP contribution in [0.4, 0.5) is 14.9 Å². The predicted octanol–water partition coefficient (Wildman–Crippen LogP) is 3.27. The second-order valence-corrected chi connectivity index (χ2v) is 6.55. The van der Waals surface area contributed by atoms with Crippen molar-refractivity contribution >= 4 is 17.6 Å². The summed E-state index contributed by atoms with van der Waals surface area (Å²) in [6.45, 7) is 3.57. The Morgan fingerprint density at radius 1 is 1.19 bits per heavy atom. The number of imide groups is 1. The maximum atomic E-state index is 13.5. The molecular weight excluding hydrogens is 339 g/mol. The molecule has 0 aliphatic carbocycles. The van der Waals surface area contributed by atoms with Crippen LogP contribution in [0.25, 0.3) is 0 Å². The van der Waals surface area contributed by atoms with E-state index in [1.54, 1.807) is 12.1 Å². The van der Waals surface area contributed by atoms with Crippen molar-refractivity contribution in [3.63, 3.8) is 0 Å². The van der Waals surface area contributed by atoms with Crippen molar-refractivity contribution in [2.45, 2.75) is 25.9 Å². The van der Waals surface area contributed by atoms with Crippen molar-refractivity contribution in [2.75, 3.05) is 11.9 Å². The minimum Gasteiger partial charge on any atom is -0.483 e. The number of anilines is 1. The molecule has 2 aromatic rings. The van der Waals surface area contributed by atoms with Gasteiger partial charge in [-0.05, 0) is 32.0 Å². The molecule has 2 aromatic carbocycles. The monoisotopic (exact) mass is 358 g/mol. The highest BCUT2D eigenvalue weighted by molar-refractivity contribution is 6.01. The fourth-order valence-electron chi connectivity index (χ4n) is 2.72. The Morgan fingerprint density at radius 2 is 1.96 bits per heavy atom. The van der Waals surface area contributed by atoms with Gasteiger partial charge in [0, 0.05) is 12.0 Å². The van der Waals surface area contributed by atoms with Crippen LogP contribution in [0.15, 0.2) is 42.5 Å². The minimum absolute atomic E-state index is 0.0183. The van der Waals surface area contributed by atoms with Gasteiger partial charge in [0.25, 0.3) is 5.91 Å². The molecule has 0 aromatic heterocycles. The van der Waals surface area contributed by atoms with Gasteiger partial charge in [0.05, 0.1) is 5.69 Å². The summed E-state index contributed by atoms with van der Waals surface area (Å²) >= 11 is 0. The van der Waals surface area contributed by atoms with Gasteiger partial charge in [-0.15, -0.1) is 0 Å². The molecule has 0 fully saturated rings. The van der Waals surface area contributed by atoms with Crippen LogP contribution in [0.2, 0.25) is 0 Å². The average Bonchev–Trinajstić information content (AvgIpc) is 2.89. The third-order valence-electron chi connectivity index (χ3n) is 3.79. The number of nitrogens with one attached hydrogen (secondary N) is 2. The lowest BCUT2D eigenvalue weighted by Crippen LogP contribution is -2.37. The molecule has 1 heterocycles. The zero-order chi connectivity index (χ0) is 18.7. The Hall–Kier alpha value is -3.09. The molecule has 0 bridgehead atoms. The molecule has 26 heavy (non-hydrogen) atoms. The van der Waals surface area contributed by atoms with Crippen molar-refractivity contribution < 1.29 is 23.5 Å². The molecule has 3 rings (SSSR count). The van der Waals surface area contributed by atoms with Crippen LogP contribution in [-0.4, -0.2) is 24.1 Å². The number of carbonyl (C=O) groups excluding carboxylic acids is 2. The Morgan fingerprint density at radius 3 is 2.73 bits per heavy atom. The van der Waals surface area contributed by atoms with E-state index in [2.05, 4.69) is 10.6 Å². The Bertz CT molecular complexity index is 851. The van der Waals surface area contributed by atoms with E-state index in [9.17, 15) is 14.0 Å². The highest BCUT2D eigenvalue weighted by Gasteiger charge is 2.32. The molecule has 2 N–H and O–H groups in total. The zero-order valence-corrected chi connectivity index (χ0v) is 14.5. The third kappa shape index (κ3) is 4.11. The molecule has 0 unspecified atom stereocenters. The second-order valence-electron chi connectivity index (χ2n) is 6.55. The number of carbonyl (C=O) groups is 2. The van der Waals surface area contributed by atoms with Crippen molar-refractivity contribution in [2.24, 2.45) is 0 Å². The topological polar surface area (TPSA) is 76.7 Å². The van der Waals surface area contributed by atoms with Gasteiger partial charge in [0.2, 0.25) is 0 Å². The number of urea groups is 1. The van der Waals surface area contributed by atoms with Crippen molar-refractivity contribution in [1.29, 1.82) is 0 Å². The smallest absolute Gasteiger partial charge is 0.326 e. The Kier molecular flexibility index (Phi) is 4.79. The fourth-order valence-corrected chi connectivity index (χ4v) is 2.72. The Balaban J connectivity index is 1.55. The molecule has 0 atom stereocenters. The molecule has 1 aliphatic heterocycles. The second kappa shape index (κ2) is 7.03. The predicted molar refractivity (Wildman–Crippen MR) is 93.9 cm³/mol. The van der Waals surface area contributed by atoms with Crippen LogP contribution in [0.3, 0.4) is 0 Å². The molecule has 3 amide bonds. The average molecular weight is 358 g/mol. The summed E-state index contributed by atoms with van der Waals surface area (Å²) in [5.74, 6) is -0.196. The summed E-state index contributed by atoms with van der Waals surface area (Å²) in [6.07, 6.45) is 0.747. The maximum Gasteiger partial charge on any atom is 0.326 e. The van der Waals surface area contributed by atoms with Crippen LogP contribution in [0.1, 0.15) is 19.4 Å². The number of benzene rings is 2. The summed E-state index contributed by atoms with van der Waals surface area (Å²) in [6, 6.07) is 10.3. The lowest BCUT2D eigenvalue weighted by Gasteiger charge is -2.18. The first kappa shape index (κ1) is 17.7. The number of halogens is 1. The summed E-state index contributed by atoms with van der Waals surface area (Å²) < 4.78 is 24.8. The van der Waals surface area contributed by atoms with E-state index in [1.807, 2.05) is 26.0 Å². The van der Waals surface area contributed by atoms with Gasteiger partial charge in [0.1, 0.15) is 11.4 Å². The van der Waals surface area contributed by atoms with Gasteiger partial charge >= 0.3 is 6.03 Å². The van der Waals surface area contributed by atoms with Gasteiger partial charge in [-0.25, -0.2) is 9.18 Å². The number of hydrogen-bond donors (Lipinski definition) is 2. The van der Waals surface area contributed by atoms with Crippen LogP contribution in [0.5, 0.6) is 11.5 Å². The van der Waals surface area contributed by atoms with E-state index in [0.717, 1.165) is 12.0 Å². The standard InChI is InChI=1S/C19H19FN2O4/c1-19(2)10-12-6-5-9-15(17(12)26-19)25-11-16(23)22-18(24)21-14-8-4-3-7-13(14)20/h3-9H,10-11H2,1-2H3,(H2,21,22,23,24). The molecule has 0 saturated heterocycles. The van der Waals surface area contributed by atoms with Gasteiger partial charge < -0.3 is 14.8 Å². The molecule has 1 aliphatic rings. The summed E-state index contributed by atoms with van der Waals surface area (Å²) in [5.41, 5.74) is 0.657. The number of amides is 3. The van der Waals surface area contributed by atoms with Gasteiger partial charge in [-0.3, -0.25) is 10.1 Å². The van der Waals surface area contributed by atoms with E-state index in [1.165, 1.54) is 18.2 Å².